The molecule has 7 heteroatoms. The summed E-state index contributed by atoms with van der Waals surface area (Å²) in [5, 5.41) is 12.6. The standard InChI is InChI=1S/C20H17ClN2O3S/c1-26-18-8-2-12(21)10-16(18)20(25)23-13-3-9-19(17(22)11-13)27-15-6-4-14(24)5-7-15/h2-11,24H,22H2,1H3,(H,23,25). The van der Waals surface area contributed by atoms with Crippen LogP contribution in [-0.4, -0.2) is 18.1 Å². The number of ether oxygens (including phenoxy) is 1. The third-order valence-electron chi connectivity index (χ3n) is 3.74. The maximum absolute atomic E-state index is 12.5. The summed E-state index contributed by atoms with van der Waals surface area (Å²) >= 11 is 7.45. The highest BCUT2D eigenvalue weighted by Crippen LogP contribution is 2.34. The Bertz CT molecular complexity index is 977. The lowest BCUT2D eigenvalue weighted by molar-refractivity contribution is 0.102. The predicted octanol–water partition coefficient (Wildman–Crippen LogP) is 5.04. The van der Waals surface area contributed by atoms with Crippen LogP contribution >= 0.6 is 23.4 Å². The monoisotopic (exact) mass is 400 g/mol. The van der Waals surface area contributed by atoms with Gasteiger partial charge in [0, 0.05) is 26.2 Å². The Labute approximate surface area is 166 Å². The molecule has 0 bridgehead atoms. The highest BCUT2D eigenvalue weighted by Gasteiger charge is 2.14. The van der Waals surface area contributed by atoms with E-state index in [-0.39, 0.29) is 11.7 Å². The molecule has 138 valence electrons. The maximum atomic E-state index is 12.5. The SMILES string of the molecule is COc1ccc(Cl)cc1C(=O)Nc1ccc(Sc2ccc(O)cc2)c(N)c1. The van der Waals surface area contributed by atoms with E-state index in [1.807, 2.05) is 6.07 Å². The number of methoxy groups -OCH3 is 1. The van der Waals surface area contributed by atoms with E-state index in [2.05, 4.69) is 5.32 Å². The molecule has 5 nitrogen and oxygen atoms in total. The van der Waals surface area contributed by atoms with Crippen molar-refractivity contribution in [2.75, 3.05) is 18.2 Å². The summed E-state index contributed by atoms with van der Waals surface area (Å²) in [6.07, 6.45) is 0. The Morgan fingerprint density at radius 2 is 1.85 bits per heavy atom. The maximum Gasteiger partial charge on any atom is 0.259 e. The molecule has 0 aliphatic rings. The lowest BCUT2D eigenvalue weighted by Crippen LogP contribution is -2.13. The van der Waals surface area contributed by atoms with Crippen LogP contribution in [0.2, 0.25) is 5.02 Å². The number of nitrogen functional groups attached to an aromatic ring is 1. The van der Waals surface area contributed by atoms with Crippen molar-refractivity contribution in [1.29, 1.82) is 0 Å². The van der Waals surface area contributed by atoms with Crippen LogP contribution in [0.1, 0.15) is 10.4 Å². The van der Waals surface area contributed by atoms with Crippen LogP contribution in [0.5, 0.6) is 11.5 Å². The van der Waals surface area contributed by atoms with E-state index in [0.717, 1.165) is 9.79 Å². The zero-order chi connectivity index (χ0) is 19.4. The van der Waals surface area contributed by atoms with Gasteiger partial charge in [0.15, 0.2) is 0 Å². The summed E-state index contributed by atoms with van der Waals surface area (Å²) in [5.41, 5.74) is 7.56. The van der Waals surface area contributed by atoms with Gasteiger partial charge in [-0.15, -0.1) is 0 Å². The van der Waals surface area contributed by atoms with E-state index in [4.69, 9.17) is 22.1 Å². The van der Waals surface area contributed by atoms with Gasteiger partial charge in [-0.3, -0.25) is 4.79 Å². The minimum Gasteiger partial charge on any atom is -0.508 e. The van der Waals surface area contributed by atoms with Crippen molar-refractivity contribution < 1.29 is 14.6 Å². The van der Waals surface area contributed by atoms with Crippen LogP contribution in [0.4, 0.5) is 11.4 Å². The Kier molecular flexibility index (Phi) is 5.78. The van der Waals surface area contributed by atoms with Crippen LogP contribution in [0.25, 0.3) is 0 Å². The molecule has 0 saturated carbocycles. The van der Waals surface area contributed by atoms with Crippen molar-refractivity contribution in [1.82, 2.24) is 0 Å². The average Bonchev–Trinajstić information content (AvgIpc) is 2.65. The molecule has 0 saturated heterocycles. The molecule has 4 N–H and O–H groups in total. The molecule has 3 aromatic carbocycles. The van der Waals surface area contributed by atoms with E-state index in [9.17, 15) is 9.90 Å². The van der Waals surface area contributed by atoms with E-state index >= 15 is 0 Å². The molecule has 3 rings (SSSR count). The van der Waals surface area contributed by atoms with Crippen LogP contribution in [0.15, 0.2) is 70.5 Å². The van der Waals surface area contributed by atoms with Crippen molar-refractivity contribution in [3.63, 3.8) is 0 Å². The number of carbonyl (C=O) groups excluding carboxylic acids is 1. The molecule has 0 aromatic heterocycles. The molecule has 27 heavy (non-hydrogen) atoms. The van der Waals surface area contributed by atoms with Crippen LogP contribution in [0, 0.1) is 0 Å². The summed E-state index contributed by atoms with van der Waals surface area (Å²) < 4.78 is 5.21. The van der Waals surface area contributed by atoms with Crippen LogP contribution in [0.3, 0.4) is 0 Å². The molecular weight excluding hydrogens is 384 g/mol. The number of halogens is 1. The highest BCUT2D eigenvalue weighted by atomic mass is 35.5. The Balaban J connectivity index is 1.77. The number of carbonyl (C=O) groups is 1. The first kappa shape index (κ1) is 18.9. The second-order valence-corrected chi connectivity index (χ2v) is 7.20. The van der Waals surface area contributed by atoms with Crippen LogP contribution < -0.4 is 15.8 Å². The fourth-order valence-electron chi connectivity index (χ4n) is 2.42. The quantitative estimate of drug-likeness (QED) is 0.522. The summed E-state index contributed by atoms with van der Waals surface area (Å²) in [5.74, 6) is 0.305. The number of rotatable bonds is 5. The Hall–Kier alpha value is -2.83. The molecule has 0 spiro atoms. The number of phenols is 1. The minimum atomic E-state index is -0.340. The first-order valence-corrected chi connectivity index (χ1v) is 9.17. The molecule has 0 aliphatic heterocycles. The van der Waals surface area contributed by atoms with Gasteiger partial charge in [0.25, 0.3) is 5.91 Å². The second kappa shape index (κ2) is 8.24. The van der Waals surface area contributed by atoms with Gasteiger partial charge in [-0.05, 0) is 60.7 Å². The number of hydrogen-bond donors (Lipinski definition) is 3. The largest absolute Gasteiger partial charge is 0.508 e. The molecular formula is C20H17ClN2O3S. The molecule has 0 radical (unpaired) electrons. The van der Waals surface area contributed by atoms with Gasteiger partial charge in [-0.1, -0.05) is 23.4 Å². The first-order chi connectivity index (χ1) is 13.0. The average molecular weight is 401 g/mol. The number of hydrogen-bond acceptors (Lipinski definition) is 5. The topological polar surface area (TPSA) is 84.6 Å². The van der Waals surface area contributed by atoms with E-state index in [1.54, 1.807) is 54.6 Å². The molecule has 0 fully saturated rings. The van der Waals surface area contributed by atoms with E-state index in [1.165, 1.54) is 18.9 Å². The number of nitrogens with two attached hydrogens (primary N) is 1. The summed E-state index contributed by atoms with van der Waals surface area (Å²) in [6, 6.07) is 17.0. The Morgan fingerprint density at radius 1 is 1.11 bits per heavy atom. The lowest BCUT2D eigenvalue weighted by atomic mass is 10.1. The second-order valence-electron chi connectivity index (χ2n) is 5.65. The smallest absolute Gasteiger partial charge is 0.259 e. The minimum absolute atomic E-state index is 0.210. The summed E-state index contributed by atoms with van der Waals surface area (Å²) in [4.78, 5) is 14.3. The summed E-state index contributed by atoms with van der Waals surface area (Å²) in [7, 11) is 1.49. The van der Waals surface area contributed by atoms with Gasteiger partial charge in [0.2, 0.25) is 0 Å². The van der Waals surface area contributed by atoms with E-state index < -0.39 is 0 Å². The van der Waals surface area contributed by atoms with Gasteiger partial charge in [-0.25, -0.2) is 0 Å². The van der Waals surface area contributed by atoms with E-state index in [0.29, 0.717) is 27.7 Å². The van der Waals surface area contributed by atoms with Crippen LogP contribution in [-0.2, 0) is 0 Å². The predicted molar refractivity (Wildman–Crippen MR) is 109 cm³/mol. The molecule has 3 aromatic rings. The molecule has 0 heterocycles. The number of benzene rings is 3. The third kappa shape index (κ3) is 4.67. The van der Waals surface area contributed by atoms with Gasteiger partial charge >= 0.3 is 0 Å². The van der Waals surface area contributed by atoms with Crippen molar-refractivity contribution >= 4 is 40.6 Å². The fourth-order valence-corrected chi connectivity index (χ4v) is 3.43. The van der Waals surface area contributed by atoms with Crippen molar-refractivity contribution in [3.05, 3.63) is 71.2 Å². The van der Waals surface area contributed by atoms with Gasteiger partial charge in [0.1, 0.15) is 11.5 Å². The molecule has 0 aliphatic carbocycles. The number of amides is 1. The molecule has 1 amide bonds. The number of phenolic OH excluding ortho intramolecular Hbond substituents is 1. The van der Waals surface area contributed by atoms with Crippen molar-refractivity contribution in [3.8, 4) is 11.5 Å². The van der Waals surface area contributed by atoms with Gasteiger partial charge in [0.05, 0.1) is 12.7 Å². The number of nitrogens with one attached hydrogen (secondary N) is 1. The number of anilines is 2. The Morgan fingerprint density at radius 3 is 2.52 bits per heavy atom. The fraction of sp³-hybridized carbons (Fsp3) is 0.0500. The molecule has 0 atom stereocenters. The van der Waals surface area contributed by atoms with Gasteiger partial charge in [-0.2, -0.15) is 0 Å². The highest BCUT2D eigenvalue weighted by molar-refractivity contribution is 7.99. The lowest BCUT2D eigenvalue weighted by Gasteiger charge is -2.12. The normalized spacial score (nSPS) is 10.4. The summed E-state index contributed by atoms with van der Waals surface area (Å²) in [6.45, 7) is 0. The van der Waals surface area contributed by atoms with Gasteiger partial charge < -0.3 is 20.9 Å². The van der Waals surface area contributed by atoms with Crippen molar-refractivity contribution in [2.45, 2.75) is 9.79 Å². The third-order valence-corrected chi connectivity index (χ3v) is 5.07. The first-order valence-electron chi connectivity index (χ1n) is 7.97. The number of aromatic hydroxyl groups is 1. The zero-order valence-corrected chi connectivity index (χ0v) is 16.0. The zero-order valence-electron chi connectivity index (χ0n) is 14.4. The molecule has 0 unspecified atom stereocenters. The van der Waals surface area contributed by atoms with Crippen molar-refractivity contribution in [2.24, 2.45) is 0 Å².